The summed E-state index contributed by atoms with van der Waals surface area (Å²) in [6.07, 6.45) is 6.02. The van der Waals surface area contributed by atoms with Crippen LogP contribution in [0.1, 0.15) is 10.4 Å². The van der Waals surface area contributed by atoms with Crippen molar-refractivity contribution < 1.29 is 4.79 Å². The molecule has 2 heterocycles. The first kappa shape index (κ1) is 19.0. The van der Waals surface area contributed by atoms with Crippen LogP contribution in [-0.2, 0) is 17.8 Å². The van der Waals surface area contributed by atoms with Gasteiger partial charge >= 0.3 is 0 Å². The summed E-state index contributed by atoms with van der Waals surface area (Å²) in [5, 5.41) is 13.2. The van der Waals surface area contributed by atoms with Gasteiger partial charge in [-0.2, -0.15) is 5.10 Å². The molecule has 4 aromatic rings. The summed E-state index contributed by atoms with van der Waals surface area (Å²) in [7, 11) is 0. The Morgan fingerprint density at radius 3 is 2.72 bits per heavy atom. The molecule has 2 aromatic heterocycles. The predicted octanol–water partition coefficient (Wildman–Crippen LogP) is 3.87. The van der Waals surface area contributed by atoms with Crippen LogP contribution in [0.25, 0.3) is 11.1 Å². The number of thiazole rings is 1. The highest BCUT2D eigenvalue weighted by atomic mass is 32.1. The van der Waals surface area contributed by atoms with E-state index in [1.807, 2.05) is 67.0 Å². The van der Waals surface area contributed by atoms with Crippen LogP contribution in [0, 0.1) is 0 Å². The third-order valence-corrected chi connectivity index (χ3v) is 5.35. The molecule has 7 heteroatoms. The molecule has 146 valence electrons. The second-order valence-electron chi connectivity index (χ2n) is 6.65. The van der Waals surface area contributed by atoms with Gasteiger partial charge in [-0.1, -0.05) is 42.5 Å². The van der Waals surface area contributed by atoms with E-state index in [1.165, 1.54) is 0 Å². The molecule has 0 fully saturated rings. The highest BCUT2D eigenvalue weighted by molar-refractivity contribution is 7.09. The monoisotopic (exact) mass is 403 g/mol. The molecule has 0 saturated carbocycles. The van der Waals surface area contributed by atoms with Crippen molar-refractivity contribution in [2.75, 3.05) is 5.32 Å². The highest BCUT2D eigenvalue weighted by Crippen LogP contribution is 2.21. The molecule has 6 nitrogen and oxygen atoms in total. The lowest BCUT2D eigenvalue weighted by Crippen LogP contribution is -2.41. The molecule has 2 aromatic carbocycles. The molecule has 1 atom stereocenters. The van der Waals surface area contributed by atoms with E-state index in [2.05, 4.69) is 25.8 Å². The second-order valence-corrected chi connectivity index (χ2v) is 7.62. The van der Waals surface area contributed by atoms with Crippen molar-refractivity contribution in [3.8, 4) is 11.1 Å². The van der Waals surface area contributed by atoms with E-state index in [0.717, 1.165) is 27.3 Å². The lowest BCUT2D eigenvalue weighted by atomic mass is 10.0. The van der Waals surface area contributed by atoms with Gasteiger partial charge in [-0.3, -0.25) is 14.9 Å². The Balaban J connectivity index is 1.48. The summed E-state index contributed by atoms with van der Waals surface area (Å²) in [6, 6.07) is 17.4. The molecular formula is C22H21N5OS. The SMILES string of the molecule is O=C(Nc1cccc(-c2cn[nH]c2)c1)[C@H](Cc1ccccc1)NCc1cncs1. The number of anilines is 1. The average molecular weight is 404 g/mol. The smallest absolute Gasteiger partial charge is 0.241 e. The number of hydrogen-bond acceptors (Lipinski definition) is 5. The van der Waals surface area contributed by atoms with Crippen LogP contribution in [0.3, 0.4) is 0 Å². The van der Waals surface area contributed by atoms with Gasteiger partial charge in [0.25, 0.3) is 0 Å². The van der Waals surface area contributed by atoms with Crippen molar-refractivity contribution in [2.24, 2.45) is 0 Å². The first-order chi connectivity index (χ1) is 14.3. The predicted molar refractivity (Wildman–Crippen MR) is 116 cm³/mol. The maximum atomic E-state index is 13.1. The fourth-order valence-electron chi connectivity index (χ4n) is 3.08. The third-order valence-electron chi connectivity index (χ3n) is 4.57. The maximum Gasteiger partial charge on any atom is 0.241 e. The molecule has 4 rings (SSSR count). The zero-order valence-corrected chi connectivity index (χ0v) is 16.5. The fraction of sp³-hybridized carbons (Fsp3) is 0.136. The number of carbonyl (C=O) groups is 1. The van der Waals surface area contributed by atoms with Crippen LogP contribution >= 0.6 is 11.3 Å². The van der Waals surface area contributed by atoms with Crippen molar-refractivity contribution in [3.05, 3.63) is 89.1 Å². The Kier molecular flexibility index (Phi) is 6.09. The summed E-state index contributed by atoms with van der Waals surface area (Å²) < 4.78 is 0. The number of rotatable bonds is 8. The first-order valence-corrected chi connectivity index (χ1v) is 10.2. The van der Waals surface area contributed by atoms with E-state index in [-0.39, 0.29) is 11.9 Å². The molecule has 0 spiro atoms. The number of amides is 1. The number of hydrogen-bond donors (Lipinski definition) is 3. The van der Waals surface area contributed by atoms with Crippen LogP contribution in [0.2, 0.25) is 0 Å². The topological polar surface area (TPSA) is 82.7 Å². The highest BCUT2D eigenvalue weighted by Gasteiger charge is 2.19. The van der Waals surface area contributed by atoms with Gasteiger partial charge in [0.05, 0.1) is 17.7 Å². The van der Waals surface area contributed by atoms with Crippen LogP contribution in [-0.4, -0.2) is 27.1 Å². The quantitative estimate of drug-likeness (QED) is 0.417. The molecule has 1 amide bonds. The van der Waals surface area contributed by atoms with E-state index in [0.29, 0.717) is 13.0 Å². The zero-order chi connectivity index (χ0) is 19.9. The maximum absolute atomic E-state index is 13.1. The van der Waals surface area contributed by atoms with Gasteiger partial charge in [-0.25, -0.2) is 0 Å². The summed E-state index contributed by atoms with van der Waals surface area (Å²) >= 11 is 1.57. The Labute approximate surface area is 173 Å². The first-order valence-electron chi connectivity index (χ1n) is 9.33. The van der Waals surface area contributed by atoms with Crippen molar-refractivity contribution >= 4 is 22.9 Å². The largest absolute Gasteiger partial charge is 0.325 e. The van der Waals surface area contributed by atoms with E-state index in [1.54, 1.807) is 23.0 Å². The Morgan fingerprint density at radius 1 is 1.07 bits per heavy atom. The number of carbonyl (C=O) groups excluding carboxylic acids is 1. The van der Waals surface area contributed by atoms with Gasteiger partial charge in [0.1, 0.15) is 0 Å². The second kappa shape index (κ2) is 9.27. The molecule has 0 aliphatic heterocycles. The van der Waals surface area contributed by atoms with Gasteiger partial charge in [-0.15, -0.1) is 11.3 Å². The minimum atomic E-state index is -0.364. The number of nitrogens with one attached hydrogen (secondary N) is 3. The standard InChI is InChI=1S/C22H21N5OS/c28-22(27-19-8-4-7-17(10-19)18-11-25-26-12-18)21(9-16-5-2-1-3-6-16)24-14-20-13-23-15-29-20/h1-8,10-13,15,21,24H,9,14H2,(H,25,26)(H,27,28)/t21-/m0/s1. The number of aromatic nitrogens is 3. The van der Waals surface area contributed by atoms with E-state index in [4.69, 9.17) is 0 Å². The summed E-state index contributed by atoms with van der Waals surface area (Å²) in [5.41, 5.74) is 5.63. The van der Waals surface area contributed by atoms with E-state index < -0.39 is 0 Å². The Morgan fingerprint density at radius 2 is 1.97 bits per heavy atom. The Hall–Kier alpha value is -3.29. The van der Waals surface area contributed by atoms with Crippen LogP contribution in [0.5, 0.6) is 0 Å². The molecule has 29 heavy (non-hydrogen) atoms. The zero-order valence-electron chi connectivity index (χ0n) is 15.7. The molecule has 3 N–H and O–H groups in total. The van der Waals surface area contributed by atoms with Crippen molar-refractivity contribution in [3.63, 3.8) is 0 Å². The Bertz CT molecular complexity index is 1030. The third kappa shape index (κ3) is 5.16. The molecule has 0 aliphatic rings. The summed E-state index contributed by atoms with van der Waals surface area (Å²) in [5.74, 6) is -0.0669. The number of H-pyrrole nitrogens is 1. The van der Waals surface area contributed by atoms with Crippen LogP contribution in [0.4, 0.5) is 5.69 Å². The molecular weight excluding hydrogens is 382 g/mol. The number of benzene rings is 2. The number of nitrogens with zero attached hydrogens (tertiary/aromatic N) is 2. The normalized spacial score (nSPS) is 11.9. The van der Waals surface area contributed by atoms with E-state index >= 15 is 0 Å². The van der Waals surface area contributed by atoms with Crippen molar-refractivity contribution in [1.29, 1.82) is 0 Å². The van der Waals surface area contributed by atoms with Gasteiger partial charge in [-0.05, 0) is 29.7 Å². The minimum absolute atomic E-state index is 0.0669. The van der Waals surface area contributed by atoms with Crippen molar-refractivity contribution in [2.45, 2.75) is 19.0 Å². The van der Waals surface area contributed by atoms with Gasteiger partial charge < -0.3 is 10.6 Å². The fourth-order valence-corrected chi connectivity index (χ4v) is 3.62. The summed E-state index contributed by atoms with van der Waals surface area (Å²) in [6.45, 7) is 0.602. The lowest BCUT2D eigenvalue weighted by molar-refractivity contribution is -0.118. The van der Waals surface area contributed by atoms with Gasteiger partial charge in [0.15, 0.2) is 0 Å². The molecule has 0 aliphatic carbocycles. The molecule has 0 radical (unpaired) electrons. The molecule has 0 saturated heterocycles. The lowest BCUT2D eigenvalue weighted by Gasteiger charge is -2.18. The average Bonchev–Trinajstić information content (AvgIpc) is 3.46. The van der Waals surface area contributed by atoms with E-state index in [9.17, 15) is 4.79 Å². The number of aromatic amines is 1. The minimum Gasteiger partial charge on any atom is -0.325 e. The van der Waals surface area contributed by atoms with Gasteiger partial charge in [0.2, 0.25) is 5.91 Å². The van der Waals surface area contributed by atoms with Crippen LogP contribution in [0.15, 0.2) is 78.7 Å². The van der Waals surface area contributed by atoms with Crippen LogP contribution < -0.4 is 10.6 Å². The molecule has 0 unspecified atom stereocenters. The van der Waals surface area contributed by atoms with Crippen molar-refractivity contribution in [1.82, 2.24) is 20.5 Å². The molecule has 0 bridgehead atoms. The summed E-state index contributed by atoms with van der Waals surface area (Å²) in [4.78, 5) is 18.3. The van der Waals surface area contributed by atoms with Gasteiger partial charge in [0, 0.05) is 35.1 Å².